The van der Waals surface area contributed by atoms with Crippen molar-refractivity contribution in [3.8, 4) is 11.5 Å². The third-order valence-corrected chi connectivity index (χ3v) is 4.17. The molecule has 7 heteroatoms. The van der Waals surface area contributed by atoms with Crippen LogP contribution in [-0.4, -0.2) is 5.91 Å². The standard InChI is InChI=1S/C19H13Cl3N2O2/c20-13-10-16(21)18(17(22)11-13)26-15-8-6-12(7-9-15)19(25)24-23-14-4-2-1-3-5-14/h1-11,23H,(H,24,25). The summed E-state index contributed by atoms with van der Waals surface area (Å²) in [5.41, 5.74) is 6.71. The first-order valence-electron chi connectivity index (χ1n) is 7.57. The van der Waals surface area contributed by atoms with E-state index >= 15 is 0 Å². The number of ether oxygens (including phenoxy) is 1. The fourth-order valence-corrected chi connectivity index (χ4v) is 3.04. The van der Waals surface area contributed by atoms with E-state index in [4.69, 9.17) is 39.5 Å². The van der Waals surface area contributed by atoms with Crippen LogP contribution in [0, 0.1) is 0 Å². The number of carbonyl (C=O) groups is 1. The third-order valence-electron chi connectivity index (χ3n) is 3.39. The number of hydrazine groups is 1. The van der Waals surface area contributed by atoms with Crippen molar-refractivity contribution in [2.75, 3.05) is 5.43 Å². The van der Waals surface area contributed by atoms with E-state index in [-0.39, 0.29) is 5.91 Å². The highest BCUT2D eigenvalue weighted by atomic mass is 35.5. The summed E-state index contributed by atoms with van der Waals surface area (Å²) < 4.78 is 5.69. The highest BCUT2D eigenvalue weighted by Gasteiger charge is 2.11. The lowest BCUT2D eigenvalue weighted by Gasteiger charge is -2.11. The van der Waals surface area contributed by atoms with Gasteiger partial charge in [-0.15, -0.1) is 0 Å². The molecule has 0 atom stereocenters. The van der Waals surface area contributed by atoms with Gasteiger partial charge in [0.2, 0.25) is 0 Å². The molecule has 0 radical (unpaired) electrons. The molecule has 0 fully saturated rings. The number of rotatable bonds is 5. The van der Waals surface area contributed by atoms with Gasteiger partial charge in [0.1, 0.15) is 5.75 Å². The smallest absolute Gasteiger partial charge is 0.269 e. The minimum atomic E-state index is -0.275. The van der Waals surface area contributed by atoms with Crippen LogP contribution in [0.1, 0.15) is 10.4 Å². The van der Waals surface area contributed by atoms with Gasteiger partial charge in [-0.05, 0) is 48.5 Å². The quantitative estimate of drug-likeness (QED) is 0.495. The van der Waals surface area contributed by atoms with E-state index in [2.05, 4.69) is 10.9 Å². The van der Waals surface area contributed by atoms with Gasteiger partial charge < -0.3 is 4.74 Å². The molecule has 1 amide bonds. The first-order valence-corrected chi connectivity index (χ1v) is 8.70. The number of halogens is 3. The minimum absolute atomic E-state index is 0.275. The molecule has 3 aromatic rings. The van der Waals surface area contributed by atoms with Crippen molar-refractivity contribution < 1.29 is 9.53 Å². The van der Waals surface area contributed by atoms with E-state index in [1.54, 1.807) is 36.4 Å². The third kappa shape index (κ3) is 4.61. The molecule has 0 heterocycles. The van der Waals surface area contributed by atoms with Crippen molar-refractivity contribution in [1.29, 1.82) is 0 Å². The van der Waals surface area contributed by atoms with E-state index in [1.807, 2.05) is 30.3 Å². The number of anilines is 1. The van der Waals surface area contributed by atoms with Gasteiger partial charge in [0.15, 0.2) is 5.75 Å². The van der Waals surface area contributed by atoms with E-state index in [0.29, 0.717) is 32.1 Å². The van der Waals surface area contributed by atoms with Crippen LogP contribution >= 0.6 is 34.8 Å². The van der Waals surface area contributed by atoms with E-state index in [1.165, 1.54) is 0 Å². The highest BCUT2D eigenvalue weighted by molar-refractivity contribution is 6.40. The van der Waals surface area contributed by atoms with Crippen LogP contribution in [0.5, 0.6) is 11.5 Å². The van der Waals surface area contributed by atoms with Gasteiger partial charge in [-0.2, -0.15) is 0 Å². The van der Waals surface area contributed by atoms with E-state index in [0.717, 1.165) is 5.69 Å². The first-order chi connectivity index (χ1) is 12.5. The van der Waals surface area contributed by atoms with Gasteiger partial charge in [-0.3, -0.25) is 15.6 Å². The van der Waals surface area contributed by atoms with Crippen molar-refractivity contribution in [3.05, 3.63) is 87.4 Å². The largest absolute Gasteiger partial charge is 0.454 e. The van der Waals surface area contributed by atoms with Crippen molar-refractivity contribution in [2.45, 2.75) is 0 Å². The predicted molar refractivity (Wildman–Crippen MR) is 106 cm³/mol. The Hall–Kier alpha value is -2.40. The van der Waals surface area contributed by atoms with Gasteiger partial charge in [0.25, 0.3) is 5.91 Å². The Labute approximate surface area is 165 Å². The Bertz CT molecular complexity index is 893. The molecular weight excluding hydrogens is 395 g/mol. The lowest BCUT2D eigenvalue weighted by atomic mass is 10.2. The summed E-state index contributed by atoms with van der Waals surface area (Å²) in [6.07, 6.45) is 0. The number of hydrogen-bond donors (Lipinski definition) is 2. The molecule has 0 saturated carbocycles. The molecule has 3 rings (SSSR count). The van der Waals surface area contributed by atoms with Crippen LogP contribution in [0.25, 0.3) is 0 Å². The fraction of sp³-hybridized carbons (Fsp3) is 0. The van der Waals surface area contributed by atoms with Crippen molar-refractivity contribution >= 4 is 46.4 Å². The highest BCUT2D eigenvalue weighted by Crippen LogP contribution is 2.38. The summed E-state index contributed by atoms with van der Waals surface area (Å²) in [7, 11) is 0. The Morgan fingerprint density at radius 1 is 0.846 bits per heavy atom. The fourth-order valence-electron chi connectivity index (χ4n) is 2.14. The molecule has 3 aromatic carbocycles. The average Bonchev–Trinajstić information content (AvgIpc) is 2.64. The van der Waals surface area contributed by atoms with E-state index < -0.39 is 0 Å². The summed E-state index contributed by atoms with van der Waals surface area (Å²) in [4.78, 5) is 12.2. The summed E-state index contributed by atoms with van der Waals surface area (Å²) in [5, 5.41) is 1.03. The van der Waals surface area contributed by atoms with Gasteiger partial charge in [-0.25, -0.2) is 0 Å². The van der Waals surface area contributed by atoms with Crippen LogP contribution in [0.4, 0.5) is 5.69 Å². The van der Waals surface area contributed by atoms with Gasteiger partial charge in [0.05, 0.1) is 15.7 Å². The molecule has 0 saturated heterocycles. The van der Waals surface area contributed by atoms with Crippen LogP contribution in [0.3, 0.4) is 0 Å². The number of carbonyl (C=O) groups excluding carboxylic acids is 1. The van der Waals surface area contributed by atoms with Gasteiger partial charge in [0, 0.05) is 10.6 Å². The number of benzene rings is 3. The van der Waals surface area contributed by atoms with Crippen LogP contribution < -0.4 is 15.6 Å². The SMILES string of the molecule is O=C(NNc1ccccc1)c1ccc(Oc2c(Cl)cc(Cl)cc2Cl)cc1. The molecule has 0 bridgehead atoms. The lowest BCUT2D eigenvalue weighted by Crippen LogP contribution is -2.29. The van der Waals surface area contributed by atoms with Gasteiger partial charge >= 0.3 is 0 Å². The normalized spacial score (nSPS) is 10.3. The molecule has 0 aromatic heterocycles. The predicted octanol–water partition coefficient (Wildman–Crippen LogP) is 6.20. The Morgan fingerprint density at radius 3 is 2.08 bits per heavy atom. The summed E-state index contributed by atoms with van der Waals surface area (Å²) >= 11 is 18.1. The monoisotopic (exact) mass is 406 g/mol. The molecule has 0 aliphatic heterocycles. The topological polar surface area (TPSA) is 50.4 Å². The summed E-state index contributed by atoms with van der Waals surface area (Å²) in [6, 6.07) is 19.0. The van der Waals surface area contributed by atoms with Crippen LogP contribution in [-0.2, 0) is 0 Å². The number of para-hydroxylation sites is 1. The molecule has 0 unspecified atom stereocenters. The number of hydrogen-bond acceptors (Lipinski definition) is 3. The number of amides is 1. The maximum atomic E-state index is 12.2. The first kappa shape index (κ1) is 18.4. The molecule has 4 nitrogen and oxygen atoms in total. The number of nitrogens with one attached hydrogen (secondary N) is 2. The second kappa shape index (κ2) is 8.32. The van der Waals surface area contributed by atoms with Crippen molar-refractivity contribution in [2.24, 2.45) is 0 Å². The van der Waals surface area contributed by atoms with Crippen LogP contribution in [0.15, 0.2) is 66.7 Å². The Kier molecular flexibility index (Phi) is 5.89. The Morgan fingerprint density at radius 2 is 1.46 bits per heavy atom. The Balaban J connectivity index is 1.66. The summed E-state index contributed by atoms with van der Waals surface area (Å²) in [6.45, 7) is 0. The zero-order chi connectivity index (χ0) is 18.5. The van der Waals surface area contributed by atoms with Crippen molar-refractivity contribution in [1.82, 2.24) is 5.43 Å². The molecule has 26 heavy (non-hydrogen) atoms. The molecule has 0 aliphatic carbocycles. The maximum absolute atomic E-state index is 12.2. The molecular formula is C19H13Cl3N2O2. The van der Waals surface area contributed by atoms with Gasteiger partial charge in [-0.1, -0.05) is 53.0 Å². The molecule has 2 N–H and O–H groups in total. The average molecular weight is 408 g/mol. The zero-order valence-electron chi connectivity index (χ0n) is 13.3. The lowest BCUT2D eigenvalue weighted by molar-refractivity contribution is 0.0962. The van der Waals surface area contributed by atoms with E-state index in [9.17, 15) is 4.79 Å². The molecule has 132 valence electrons. The van der Waals surface area contributed by atoms with Crippen LogP contribution in [0.2, 0.25) is 15.1 Å². The summed E-state index contributed by atoms with van der Waals surface area (Å²) in [5.74, 6) is 0.521. The van der Waals surface area contributed by atoms with Crippen molar-refractivity contribution in [3.63, 3.8) is 0 Å². The molecule has 0 spiro atoms. The molecule has 0 aliphatic rings. The second-order valence-corrected chi connectivity index (χ2v) is 6.52. The second-order valence-electron chi connectivity index (χ2n) is 5.27. The minimum Gasteiger partial charge on any atom is -0.454 e. The maximum Gasteiger partial charge on any atom is 0.269 e. The zero-order valence-corrected chi connectivity index (χ0v) is 15.6.